The molecule has 0 bridgehead atoms. The van der Waals surface area contributed by atoms with Gasteiger partial charge in [-0.15, -0.1) is 0 Å². The van der Waals surface area contributed by atoms with Crippen molar-refractivity contribution in [2.45, 2.75) is 6.18 Å². The Hall–Kier alpha value is -1.24. The predicted molar refractivity (Wildman–Crippen MR) is 54.9 cm³/mol. The van der Waals surface area contributed by atoms with Gasteiger partial charge in [0.1, 0.15) is 0 Å². The van der Waals surface area contributed by atoms with Crippen molar-refractivity contribution in [1.82, 2.24) is 0 Å². The number of ether oxygens (including phenoxy) is 1. The molecule has 0 heterocycles. The van der Waals surface area contributed by atoms with E-state index in [0.717, 1.165) is 13.2 Å². The smallest absolute Gasteiger partial charge is 0.419 e. The molecule has 1 aromatic rings. The van der Waals surface area contributed by atoms with Gasteiger partial charge >= 0.3 is 12.1 Å². The monoisotopic (exact) mass is 297 g/mol. The number of esters is 1. The summed E-state index contributed by atoms with van der Waals surface area (Å²) in [4.78, 5) is 11.2. The average Bonchev–Trinajstić information content (AvgIpc) is 2.14. The van der Waals surface area contributed by atoms with Crippen molar-refractivity contribution in [2.75, 3.05) is 12.8 Å². The Bertz CT molecular complexity index is 431. The molecule has 0 radical (unpaired) electrons. The number of alkyl halides is 3. The fourth-order valence-electron chi connectivity index (χ4n) is 1.15. The number of nitrogen functional groups attached to an aromatic ring is 1. The van der Waals surface area contributed by atoms with Gasteiger partial charge in [0, 0.05) is 10.2 Å². The summed E-state index contributed by atoms with van der Waals surface area (Å²) in [6, 6.07) is 2.18. The normalized spacial score (nSPS) is 11.3. The van der Waals surface area contributed by atoms with Crippen LogP contribution in [0, 0.1) is 0 Å². The van der Waals surface area contributed by atoms with Crippen LogP contribution in [-0.4, -0.2) is 13.1 Å². The molecule has 3 nitrogen and oxygen atoms in total. The van der Waals surface area contributed by atoms with Gasteiger partial charge in [0.05, 0.1) is 18.2 Å². The zero-order valence-corrected chi connectivity index (χ0v) is 9.65. The van der Waals surface area contributed by atoms with Gasteiger partial charge in [0.2, 0.25) is 0 Å². The molecule has 1 rings (SSSR count). The van der Waals surface area contributed by atoms with E-state index in [9.17, 15) is 18.0 Å². The van der Waals surface area contributed by atoms with Crippen LogP contribution in [0.15, 0.2) is 16.6 Å². The molecule has 0 atom stereocenters. The maximum absolute atomic E-state index is 12.6. The van der Waals surface area contributed by atoms with Crippen molar-refractivity contribution >= 4 is 27.6 Å². The molecule has 0 aliphatic rings. The number of hydrogen-bond donors (Lipinski definition) is 1. The standard InChI is InChI=1S/C9H7BrF3NO2/c1-16-8(15)4-2-3-5(14)6(7(4)10)9(11,12)13/h2-3H,14H2,1H3. The zero-order valence-electron chi connectivity index (χ0n) is 8.06. The molecule has 0 amide bonds. The van der Waals surface area contributed by atoms with Crippen LogP contribution in [0.25, 0.3) is 0 Å². The van der Waals surface area contributed by atoms with Gasteiger partial charge in [0.25, 0.3) is 0 Å². The maximum atomic E-state index is 12.6. The number of hydrogen-bond acceptors (Lipinski definition) is 3. The molecule has 0 aliphatic carbocycles. The van der Waals surface area contributed by atoms with Crippen LogP contribution < -0.4 is 5.73 Å². The van der Waals surface area contributed by atoms with E-state index in [4.69, 9.17) is 5.73 Å². The largest absolute Gasteiger partial charge is 0.465 e. The third-order valence-corrected chi connectivity index (χ3v) is 2.69. The van der Waals surface area contributed by atoms with E-state index in [-0.39, 0.29) is 5.56 Å². The Morgan fingerprint density at radius 3 is 2.44 bits per heavy atom. The van der Waals surface area contributed by atoms with Crippen molar-refractivity contribution in [3.05, 3.63) is 27.7 Å². The predicted octanol–water partition coefficient (Wildman–Crippen LogP) is 2.84. The second kappa shape index (κ2) is 4.32. The Morgan fingerprint density at radius 1 is 1.44 bits per heavy atom. The van der Waals surface area contributed by atoms with E-state index < -0.39 is 27.9 Å². The van der Waals surface area contributed by atoms with E-state index in [1.807, 2.05) is 0 Å². The first kappa shape index (κ1) is 12.8. The Morgan fingerprint density at radius 2 is 2.00 bits per heavy atom. The van der Waals surface area contributed by atoms with Crippen LogP contribution >= 0.6 is 15.9 Å². The molecule has 0 saturated heterocycles. The first-order chi connectivity index (χ1) is 7.29. The van der Waals surface area contributed by atoms with Crippen LogP contribution in [0.3, 0.4) is 0 Å². The minimum Gasteiger partial charge on any atom is -0.465 e. The Balaban J connectivity index is 3.45. The van der Waals surface area contributed by atoms with Crippen LogP contribution in [0.2, 0.25) is 0 Å². The lowest BCUT2D eigenvalue weighted by Gasteiger charge is -2.14. The molecule has 88 valence electrons. The molecule has 0 aromatic heterocycles. The fraction of sp³-hybridized carbons (Fsp3) is 0.222. The van der Waals surface area contributed by atoms with Crippen LogP contribution in [0.1, 0.15) is 15.9 Å². The number of methoxy groups -OCH3 is 1. The third-order valence-electron chi connectivity index (χ3n) is 1.86. The molecule has 0 unspecified atom stereocenters. The Labute approximate surface area is 97.5 Å². The van der Waals surface area contributed by atoms with Gasteiger partial charge in [-0.25, -0.2) is 4.79 Å². The van der Waals surface area contributed by atoms with E-state index in [2.05, 4.69) is 20.7 Å². The van der Waals surface area contributed by atoms with Crippen LogP contribution in [-0.2, 0) is 10.9 Å². The topological polar surface area (TPSA) is 52.3 Å². The average molecular weight is 298 g/mol. The quantitative estimate of drug-likeness (QED) is 0.640. The molecule has 0 aliphatic heterocycles. The molecule has 0 fully saturated rings. The first-order valence-electron chi connectivity index (χ1n) is 4.02. The summed E-state index contributed by atoms with van der Waals surface area (Å²) in [7, 11) is 1.08. The van der Waals surface area contributed by atoms with Gasteiger partial charge < -0.3 is 10.5 Å². The molecular weight excluding hydrogens is 291 g/mol. The summed E-state index contributed by atoms with van der Waals surface area (Å²) < 4.78 is 41.7. The van der Waals surface area contributed by atoms with Crippen LogP contribution in [0.4, 0.5) is 18.9 Å². The second-order valence-corrected chi connectivity index (χ2v) is 3.67. The molecule has 0 saturated carbocycles. The number of benzene rings is 1. The van der Waals surface area contributed by atoms with Crippen LogP contribution in [0.5, 0.6) is 0 Å². The number of anilines is 1. The van der Waals surface area contributed by atoms with Gasteiger partial charge in [-0.1, -0.05) is 0 Å². The van der Waals surface area contributed by atoms with Gasteiger partial charge in [-0.2, -0.15) is 13.2 Å². The summed E-state index contributed by atoms with van der Waals surface area (Å²) in [6.45, 7) is 0. The first-order valence-corrected chi connectivity index (χ1v) is 4.81. The lowest BCUT2D eigenvalue weighted by molar-refractivity contribution is -0.137. The number of carbonyl (C=O) groups is 1. The summed E-state index contributed by atoms with van der Waals surface area (Å²) in [5.74, 6) is -0.864. The molecular formula is C9H7BrF3NO2. The van der Waals surface area contributed by atoms with Crippen molar-refractivity contribution in [2.24, 2.45) is 0 Å². The second-order valence-electron chi connectivity index (χ2n) is 2.88. The van der Waals surface area contributed by atoms with E-state index in [1.54, 1.807) is 0 Å². The number of halogens is 4. The van der Waals surface area contributed by atoms with E-state index in [0.29, 0.717) is 0 Å². The van der Waals surface area contributed by atoms with Crippen molar-refractivity contribution in [1.29, 1.82) is 0 Å². The van der Waals surface area contributed by atoms with E-state index in [1.165, 1.54) is 6.07 Å². The highest BCUT2D eigenvalue weighted by Gasteiger charge is 2.37. The SMILES string of the molecule is COC(=O)c1ccc(N)c(C(F)(F)F)c1Br. The summed E-state index contributed by atoms with van der Waals surface area (Å²) in [5, 5.41) is 0. The van der Waals surface area contributed by atoms with Gasteiger partial charge in [-0.3, -0.25) is 0 Å². The van der Waals surface area contributed by atoms with Crippen molar-refractivity contribution in [3.63, 3.8) is 0 Å². The highest BCUT2D eigenvalue weighted by Crippen LogP contribution is 2.40. The third kappa shape index (κ3) is 2.29. The minimum atomic E-state index is -4.63. The molecule has 7 heteroatoms. The summed E-state index contributed by atoms with van der Waals surface area (Å²) in [5.41, 5.74) is 3.47. The van der Waals surface area contributed by atoms with Crippen molar-refractivity contribution < 1.29 is 22.7 Å². The highest BCUT2D eigenvalue weighted by molar-refractivity contribution is 9.10. The van der Waals surface area contributed by atoms with Crippen molar-refractivity contribution in [3.8, 4) is 0 Å². The van der Waals surface area contributed by atoms with Gasteiger partial charge in [0.15, 0.2) is 0 Å². The Kier molecular flexibility index (Phi) is 3.47. The number of carbonyl (C=O) groups excluding carboxylic acids is 1. The lowest BCUT2D eigenvalue weighted by atomic mass is 10.1. The maximum Gasteiger partial charge on any atom is 0.419 e. The lowest BCUT2D eigenvalue weighted by Crippen LogP contribution is -2.13. The number of nitrogens with two attached hydrogens (primary N) is 1. The van der Waals surface area contributed by atoms with E-state index >= 15 is 0 Å². The summed E-state index contributed by atoms with van der Waals surface area (Å²) in [6.07, 6.45) is -4.63. The molecule has 16 heavy (non-hydrogen) atoms. The fourth-order valence-corrected chi connectivity index (χ4v) is 1.89. The zero-order chi connectivity index (χ0) is 12.5. The number of rotatable bonds is 1. The molecule has 0 spiro atoms. The molecule has 2 N–H and O–H groups in total. The van der Waals surface area contributed by atoms with Gasteiger partial charge in [-0.05, 0) is 28.1 Å². The molecule has 1 aromatic carbocycles. The summed E-state index contributed by atoms with van der Waals surface area (Å²) >= 11 is 2.71. The minimum absolute atomic E-state index is 0.218. The highest BCUT2D eigenvalue weighted by atomic mass is 79.9.